The van der Waals surface area contributed by atoms with Gasteiger partial charge >= 0.3 is 0 Å². The number of hydrogen-bond donors (Lipinski definition) is 1. The number of benzene rings is 2. The first kappa shape index (κ1) is 14.2. The number of anilines is 1. The predicted octanol–water partition coefficient (Wildman–Crippen LogP) is 3.11. The zero-order valence-electron chi connectivity index (χ0n) is 10.9. The molecule has 0 spiro atoms. The van der Waals surface area contributed by atoms with Crippen LogP contribution in [-0.2, 0) is 4.79 Å². The summed E-state index contributed by atoms with van der Waals surface area (Å²) in [5.41, 5.74) is 2.04. The Morgan fingerprint density at radius 1 is 1.19 bits per heavy atom. The van der Waals surface area contributed by atoms with Crippen molar-refractivity contribution in [2.24, 2.45) is 0 Å². The van der Waals surface area contributed by atoms with Crippen LogP contribution in [0.25, 0.3) is 11.1 Å². The molecule has 1 N–H and O–H groups in total. The van der Waals surface area contributed by atoms with E-state index in [1.165, 1.54) is 12.1 Å². The number of nitrogens with one attached hydrogen (secondary N) is 1. The largest absolute Gasteiger partial charge is 0.325 e. The lowest BCUT2D eigenvalue weighted by Gasteiger charge is -2.10. The molecular formula is C15H11N3O3. The van der Waals surface area contributed by atoms with Gasteiger partial charge < -0.3 is 5.32 Å². The number of rotatable bonds is 4. The summed E-state index contributed by atoms with van der Waals surface area (Å²) >= 11 is 0. The predicted molar refractivity (Wildman–Crippen MR) is 77.4 cm³/mol. The Balaban J connectivity index is 2.33. The fourth-order valence-electron chi connectivity index (χ4n) is 1.87. The van der Waals surface area contributed by atoms with Crippen LogP contribution in [0.15, 0.2) is 48.5 Å². The number of nitriles is 1. The maximum Gasteiger partial charge on any atom is 0.269 e. The molecule has 0 fully saturated rings. The van der Waals surface area contributed by atoms with Crippen molar-refractivity contribution >= 4 is 17.3 Å². The van der Waals surface area contributed by atoms with Crippen molar-refractivity contribution in [3.8, 4) is 17.2 Å². The molecule has 6 nitrogen and oxygen atoms in total. The van der Waals surface area contributed by atoms with Crippen LogP contribution in [0.2, 0.25) is 0 Å². The van der Waals surface area contributed by atoms with Crippen molar-refractivity contribution in [3.63, 3.8) is 0 Å². The molecule has 0 aliphatic carbocycles. The van der Waals surface area contributed by atoms with E-state index in [0.717, 1.165) is 11.1 Å². The number of carbonyl (C=O) groups is 1. The van der Waals surface area contributed by atoms with Crippen LogP contribution < -0.4 is 5.32 Å². The molecule has 0 unspecified atom stereocenters. The molecular weight excluding hydrogens is 270 g/mol. The summed E-state index contributed by atoms with van der Waals surface area (Å²) in [5, 5.41) is 21.8. The van der Waals surface area contributed by atoms with E-state index in [-0.39, 0.29) is 12.1 Å². The van der Waals surface area contributed by atoms with Crippen molar-refractivity contribution in [2.45, 2.75) is 6.42 Å². The van der Waals surface area contributed by atoms with Crippen molar-refractivity contribution in [2.75, 3.05) is 5.32 Å². The molecule has 0 radical (unpaired) electrons. The fourth-order valence-corrected chi connectivity index (χ4v) is 1.87. The molecule has 21 heavy (non-hydrogen) atoms. The van der Waals surface area contributed by atoms with Gasteiger partial charge in [-0.3, -0.25) is 14.9 Å². The van der Waals surface area contributed by atoms with Crippen molar-refractivity contribution in [3.05, 3.63) is 58.6 Å². The molecule has 104 valence electrons. The van der Waals surface area contributed by atoms with Gasteiger partial charge in [-0.05, 0) is 23.8 Å². The zero-order chi connectivity index (χ0) is 15.2. The average molecular weight is 281 g/mol. The molecule has 1 amide bonds. The number of non-ortho nitro benzene ring substituents is 1. The monoisotopic (exact) mass is 281 g/mol. The normalized spacial score (nSPS) is 9.67. The van der Waals surface area contributed by atoms with E-state index >= 15 is 0 Å². The van der Waals surface area contributed by atoms with Gasteiger partial charge in [0.2, 0.25) is 5.91 Å². The summed E-state index contributed by atoms with van der Waals surface area (Å²) in [5.74, 6) is -0.396. The molecule has 6 heteroatoms. The highest BCUT2D eigenvalue weighted by Crippen LogP contribution is 2.29. The smallest absolute Gasteiger partial charge is 0.269 e. The van der Waals surface area contributed by atoms with Gasteiger partial charge in [0.25, 0.3) is 5.69 Å². The Morgan fingerprint density at radius 3 is 2.48 bits per heavy atom. The van der Waals surface area contributed by atoms with Gasteiger partial charge in [0.1, 0.15) is 6.42 Å². The summed E-state index contributed by atoms with van der Waals surface area (Å²) in [7, 11) is 0. The van der Waals surface area contributed by atoms with Gasteiger partial charge in [-0.2, -0.15) is 5.26 Å². The van der Waals surface area contributed by atoms with Crippen LogP contribution >= 0.6 is 0 Å². The number of para-hydroxylation sites is 1. The lowest BCUT2D eigenvalue weighted by molar-refractivity contribution is -0.384. The van der Waals surface area contributed by atoms with E-state index in [1.54, 1.807) is 42.5 Å². The number of carbonyl (C=O) groups excluding carboxylic acids is 1. The van der Waals surface area contributed by atoms with Crippen LogP contribution in [0.3, 0.4) is 0 Å². The number of nitrogens with zero attached hydrogens (tertiary/aromatic N) is 2. The number of hydrogen-bond acceptors (Lipinski definition) is 4. The van der Waals surface area contributed by atoms with Crippen LogP contribution in [-0.4, -0.2) is 10.8 Å². The lowest BCUT2D eigenvalue weighted by Crippen LogP contribution is -2.10. The van der Waals surface area contributed by atoms with Crippen LogP contribution in [0, 0.1) is 21.4 Å². The first-order valence-electron chi connectivity index (χ1n) is 6.12. The highest BCUT2D eigenvalue weighted by Gasteiger charge is 2.10. The number of amides is 1. The number of nitro groups is 1. The topological polar surface area (TPSA) is 96.0 Å². The van der Waals surface area contributed by atoms with E-state index in [1.807, 2.05) is 0 Å². The molecule has 0 aliphatic rings. The summed E-state index contributed by atoms with van der Waals surface area (Å²) < 4.78 is 0. The van der Waals surface area contributed by atoms with Gasteiger partial charge in [0.15, 0.2) is 0 Å². The molecule has 2 rings (SSSR count). The first-order chi connectivity index (χ1) is 10.1. The molecule has 0 atom stereocenters. The van der Waals surface area contributed by atoms with Crippen molar-refractivity contribution in [1.82, 2.24) is 0 Å². The lowest BCUT2D eigenvalue weighted by atomic mass is 10.0. The third kappa shape index (κ3) is 3.42. The Morgan fingerprint density at radius 2 is 1.86 bits per heavy atom. The summed E-state index contributed by atoms with van der Waals surface area (Å²) in [6.07, 6.45) is -0.228. The van der Waals surface area contributed by atoms with Gasteiger partial charge in [-0.25, -0.2) is 0 Å². The highest BCUT2D eigenvalue weighted by molar-refractivity contribution is 5.96. The SMILES string of the molecule is N#CCC(=O)Nc1ccccc1-c1ccc([N+](=O)[O-])cc1. The molecule has 0 saturated heterocycles. The maximum absolute atomic E-state index is 11.5. The van der Waals surface area contributed by atoms with Gasteiger partial charge in [0, 0.05) is 23.4 Å². The second-order valence-electron chi connectivity index (χ2n) is 4.23. The highest BCUT2D eigenvalue weighted by atomic mass is 16.6. The second kappa shape index (κ2) is 6.30. The molecule has 0 heterocycles. The molecule has 0 bridgehead atoms. The van der Waals surface area contributed by atoms with Gasteiger partial charge in [-0.15, -0.1) is 0 Å². The van der Waals surface area contributed by atoms with Crippen molar-refractivity contribution in [1.29, 1.82) is 5.26 Å². The quantitative estimate of drug-likeness (QED) is 0.687. The van der Waals surface area contributed by atoms with E-state index in [2.05, 4.69) is 5.32 Å². The van der Waals surface area contributed by atoms with Crippen molar-refractivity contribution < 1.29 is 9.72 Å². The second-order valence-corrected chi connectivity index (χ2v) is 4.23. The standard InChI is InChI=1S/C15H11N3O3/c16-10-9-15(19)17-14-4-2-1-3-13(14)11-5-7-12(8-6-11)18(20)21/h1-8H,9H2,(H,17,19). The van der Waals surface area contributed by atoms with Gasteiger partial charge in [-0.1, -0.05) is 18.2 Å². The van der Waals surface area contributed by atoms with Crippen LogP contribution in [0.5, 0.6) is 0 Å². The third-order valence-corrected chi connectivity index (χ3v) is 2.83. The molecule has 0 aromatic heterocycles. The summed E-state index contributed by atoms with van der Waals surface area (Å²) in [6, 6.07) is 14.9. The molecule has 0 aliphatic heterocycles. The fraction of sp³-hybridized carbons (Fsp3) is 0.0667. The third-order valence-electron chi connectivity index (χ3n) is 2.83. The Kier molecular flexibility index (Phi) is 4.26. The van der Waals surface area contributed by atoms with Crippen LogP contribution in [0.4, 0.5) is 11.4 Å². The first-order valence-corrected chi connectivity index (χ1v) is 6.12. The Labute approximate surface area is 120 Å². The molecule has 0 saturated carbocycles. The van der Waals surface area contributed by atoms with Crippen LogP contribution in [0.1, 0.15) is 6.42 Å². The van der Waals surface area contributed by atoms with E-state index < -0.39 is 10.8 Å². The van der Waals surface area contributed by atoms with E-state index in [9.17, 15) is 14.9 Å². The minimum absolute atomic E-state index is 0.00440. The summed E-state index contributed by atoms with van der Waals surface area (Å²) in [4.78, 5) is 21.7. The Hall–Kier alpha value is -3.20. The average Bonchev–Trinajstić information content (AvgIpc) is 2.48. The number of nitro benzene ring substituents is 1. The van der Waals surface area contributed by atoms with E-state index in [0.29, 0.717) is 5.69 Å². The van der Waals surface area contributed by atoms with Gasteiger partial charge in [0.05, 0.1) is 11.0 Å². The minimum Gasteiger partial charge on any atom is -0.325 e. The summed E-state index contributed by atoms with van der Waals surface area (Å²) in [6.45, 7) is 0. The maximum atomic E-state index is 11.5. The van der Waals surface area contributed by atoms with E-state index in [4.69, 9.17) is 5.26 Å². The molecule has 2 aromatic rings. The zero-order valence-corrected chi connectivity index (χ0v) is 10.9. The minimum atomic E-state index is -0.468. The molecule has 2 aromatic carbocycles. The Bertz CT molecular complexity index is 718.